The summed E-state index contributed by atoms with van der Waals surface area (Å²) in [6, 6.07) is 4.90. The van der Waals surface area contributed by atoms with Gasteiger partial charge in [0.1, 0.15) is 18.0 Å². The first kappa shape index (κ1) is 14.1. The van der Waals surface area contributed by atoms with E-state index in [4.69, 9.17) is 0 Å². The molecule has 0 saturated heterocycles. The number of benzene rings is 1. The summed E-state index contributed by atoms with van der Waals surface area (Å²) in [5, 5.41) is 10.0. The van der Waals surface area contributed by atoms with E-state index in [0.717, 1.165) is 23.3 Å². The van der Waals surface area contributed by atoms with Crippen molar-refractivity contribution in [1.82, 2.24) is 20.5 Å². The Morgan fingerprint density at radius 2 is 2.32 bits per heavy atom. The van der Waals surface area contributed by atoms with Gasteiger partial charge in [-0.05, 0) is 43.1 Å². The fourth-order valence-electron chi connectivity index (χ4n) is 1.89. The standard InChI is InChI=1S/C13H16BrFN4/c1-2-5-16-12(13-17-8-18-19-13)7-9-6-10(14)3-4-11(9)15/h3-4,6,8,12,16H,2,5,7H2,1H3,(H,17,18,19). The number of rotatable bonds is 6. The molecule has 1 heterocycles. The van der Waals surface area contributed by atoms with E-state index in [0.29, 0.717) is 12.0 Å². The monoisotopic (exact) mass is 326 g/mol. The van der Waals surface area contributed by atoms with Crippen molar-refractivity contribution in [2.24, 2.45) is 0 Å². The minimum atomic E-state index is -0.203. The molecule has 0 aliphatic heterocycles. The van der Waals surface area contributed by atoms with Crippen LogP contribution in [0.1, 0.15) is 30.8 Å². The van der Waals surface area contributed by atoms with Crippen LogP contribution in [0.3, 0.4) is 0 Å². The number of aromatic nitrogens is 3. The van der Waals surface area contributed by atoms with Gasteiger partial charge in [-0.1, -0.05) is 22.9 Å². The highest BCUT2D eigenvalue weighted by Crippen LogP contribution is 2.21. The van der Waals surface area contributed by atoms with E-state index >= 15 is 0 Å². The summed E-state index contributed by atoms with van der Waals surface area (Å²) in [5.74, 6) is 0.527. The lowest BCUT2D eigenvalue weighted by atomic mass is 10.0. The fraction of sp³-hybridized carbons (Fsp3) is 0.385. The molecule has 1 aromatic carbocycles. The van der Waals surface area contributed by atoms with Crippen LogP contribution in [0.4, 0.5) is 4.39 Å². The smallest absolute Gasteiger partial charge is 0.141 e. The third-order valence-corrected chi connectivity index (χ3v) is 3.33. The molecule has 2 rings (SSSR count). The van der Waals surface area contributed by atoms with E-state index < -0.39 is 0 Å². The van der Waals surface area contributed by atoms with Crippen LogP contribution < -0.4 is 5.32 Å². The van der Waals surface area contributed by atoms with E-state index in [9.17, 15) is 4.39 Å². The van der Waals surface area contributed by atoms with Crippen molar-refractivity contribution in [1.29, 1.82) is 0 Å². The zero-order valence-electron chi connectivity index (χ0n) is 10.7. The summed E-state index contributed by atoms with van der Waals surface area (Å²) in [4.78, 5) is 4.15. The highest BCUT2D eigenvalue weighted by Gasteiger charge is 2.16. The van der Waals surface area contributed by atoms with Crippen LogP contribution in [-0.2, 0) is 6.42 Å². The number of halogens is 2. The lowest BCUT2D eigenvalue weighted by Crippen LogP contribution is -2.25. The Morgan fingerprint density at radius 1 is 1.47 bits per heavy atom. The molecular weight excluding hydrogens is 311 g/mol. The summed E-state index contributed by atoms with van der Waals surface area (Å²) in [6.45, 7) is 2.94. The van der Waals surface area contributed by atoms with Crippen LogP contribution >= 0.6 is 15.9 Å². The summed E-state index contributed by atoms with van der Waals surface area (Å²) >= 11 is 3.36. The SMILES string of the molecule is CCCNC(Cc1cc(Br)ccc1F)c1ncn[nH]1. The Balaban J connectivity index is 2.17. The molecule has 0 radical (unpaired) electrons. The molecule has 6 heteroatoms. The Hall–Kier alpha value is -1.27. The quantitative estimate of drug-likeness (QED) is 0.858. The topological polar surface area (TPSA) is 53.6 Å². The summed E-state index contributed by atoms with van der Waals surface area (Å²) < 4.78 is 14.7. The predicted octanol–water partition coefficient (Wildman–Crippen LogP) is 2.99. The van der Waals surface area contributed by atoms with Crippen LogP contribution in [0.25, 0.3) is 0 Å². The van der Waals surface area contributed by atoms with Crippen LogP contribution in [0, 0.1) is 5.82 Å². The van der Waals surface area contributed by atoms with E-state index in [1.54, 1.807) is 12.1 Å². The van der Waals surface area contributed by atoms with Gasteiger partial charge in [-0.2, -0.15) is 5.10 Å². The van der Waals surface area contributed by atoms with Crippen molar-refractivity contribution in [3.8, 4) is 0 Å². The second-order valence-corrected chi connectivity index (χ2v) is 5.23. The number of nitrogens with one attached hydrogen (secondary N) is 2. The van der Waals surface area contributed by atoms with Crippen molar-refractivity contribution in [3.05, 3.63) is 46.2 Å². The van der Waals surface area contributed by atoms with Gasteiger partial charge >= 0.3 is 0 Å². The second-order valence-electron chi connectivity index (χ2n) is 4.32. The predicted molar refractivity (Wildman–Crippen MR) is 75.2 cm³/mol. The maximum Gasteiger partial charge on any atom is 0.141 e. The minimum absolute atomic E-state index is 0.0637. The highest BCUT2D eigenvalue weighted by atomic mass is 79.9. The van der Waals surface area contributed by atoms with Gasteiger partial charge < -0.3 is 5.32 Å². The number of hydrogen-bond acceptors (Lipinski definition) is 3. The molecule has 0 amide bonds. The summed E-state index contributed by atoms with van der Waals surface area (Å²) in [6.07, 6.45) is 3.00. The molecule has 2 N–H and O–H groups in total. The Kier molecular flexibility index (Phi) is 5.04. The molecular formula is C13H16BrFN4. The summed E-state index contributed by atoms with van der Waals surface area (Å²) in [5.41, 5.74) is 0.652. The molecule has 1 aromatic heterocycles. The van der Waals surface area contributed by atoms with E-state index in [2.05, 4.69) is 43.4 Å². The largest absolute Gasteiger partial charge is 0.307 e. The Labute approximate surface area is 120 Å². The lowest BCUT2D eigenvalue weighted by Gasteiger charge is -2.16. The first-order valence-electron chi connectivity index (χ1n) is 6.23. The van der Waals surface area contributed by atoms with E-state index in [1.165, 1.54) is 12.4 Å². The third-order valence-electron chi connectivity index (χ3n) is 2.84. The number of nitrogens with zero attached hydrogens (tertiary/aromatic N) is 2. The molecule has 0 aliphatic carbocycles. The molecule has 19 heavy (non-hydrogen) atoms. The molecule has 2 aromatic rings. The Bertz CT molecular complexity index is 515. The van der Waals surface area contributed by atoms with Crippen molar-refractivity contribution >= 4 is 15.9 Å². The maximum absolute atomic E-state index is 13.8. The molecule has 0 spiro atoms. The number of aromatic amines is 1. The van der Waals surface area contributed by atoms with E-state index in [-0.39, 0.29) is 11.9 Å². The first-order chi connectivity index (χ1) is 9.20. The fourth-order valence-corrected chi connectivity index (χ4v) is 2.30. The highest BCUT2D eigenvalue weighted by molar-refractivity contribution is 9.10. The van der Waals surface area contributed by atoms with Crippen molar-refractivity contribution in [2.75, 3.05) is 6.54 Å². The van der Waals surface area contributed by atoms with Crippen LogP contribution in [-0.4, -0.2) is 21.7 Å². The van der Waals surface area contributed by atoms with Crippen LogP contribution in [0.2, 0.25) is 0 Å². The summed E-state index contributed by atoms with van der Waals surface area (Å²) in [7, 11) is 0. The normalized spacial score (nSPS) is 12.6. The Morgan fingerprint density at radius 3 is 3.00 bits per heavy atom. The average molecular weight is 327 g/mol. The van der Waals surface area contributed by atoms with Gasteiger partial charge in [0.15, 0.2) is 0 Å². The second kappa shape index (κ2) is 6.77. The average Bonchev–Trinajstić information content (AvgIpc) is 2.92. The zero-order chi connectivity index (χ0) is 13.7. The molecule has 0 fully saturated rings. The van der Waals surface area contributed by atoms with Gasteiger partial charge in [0.2, 0.25) is 0 Å². The van der Waals surface area contributed by atoms with Gasteiger partial charge in [0, 0.05) is 4.47 Å². The molecule has 1 atom stereocenters. The van der Waals surface area contributed by atoms with Gasteiger partial charge in [-0.25, -0.2) is 9.37 Å². The van der Waals surface area contributed by atoms with Gasteiger partial charge in [-0.3, -0.25) is 5.10 Å². The maximum atomic E-state index is 13.8. The lowest BCUT2D eigenvalue weighted by molar-refractivity contribution is 0.493. The molecule has 102 valence electrons. The van der Waals surface area contributed by atoms with Crippen molar-refractivity contribution in [3.63, 3.8) is 0 Å². The molecule has 1 unspecified atom stereocenters. The molecule has 0 aliphatic rings. The van der Waals surface area contributed by atoms with Gasteiger partial charge in [0.05, 0.1) is 6.04 Å². The number of hydrogen-bond donors (Lipinski definition) is 2. The molecule has 0 saturated carbocycles. The molecule has 0 bridgehead atoms. The third kappa shape index (κ3) is 3.84. The van der Waals surface area contributed by atoms with Crippen LogP contribution in [0.15, 0.2) is 29.0 Å². The van der Waals surface area contributed by atoms with Gasteiger partial charge in [0.25, 0.3) is 0 Å². The zero-order valence-corrected chi connectivity index (χ0v) is 12.2. The number of H-pyrrole nitrogens is 1. The minimum Gasteiger partial charge on any atom is -0.307 e. The van der Waals surface area contributed by atoms with Crippen LogP contribution in [0.5, 0.6) is 0 Å². The van der Waals surface area contributed by atoms with Crippen molar-refractivity contribution < 1.29 is 4.39 Å². The first-order valence-corrected chi connectivity index (χ1v) is 7.02. The van der Waals surface area contributed by atoms with Gasteiger partial charge in [-0.15, -0.1) is 0 Å². The van der Waals surface area contributed by atoms with Crippen molar-refractivity contribution in [2.45, 2.75) is 25.8 Å². The molecule has 4 nitrogen and oxygen atoms in total. The van der Waals surface area contributed by atoms with E-state index in [1.807, 2.05) is 0 Å².